The Hall–Kier alpha value is -2.17. The summed E-state index contributed by atoms with van der Waals surface area (Å²) in [6.45, 7) is 6.82. The van der Waals surface area contributed by atoms with E-state index in [-0.39, 0.29) is 36.9 Å². The van der Waals surface area contributed by atoms with Crippen LogP contribution in [0.5, 0.6) is 0 Å². The highest BCUT2D eigenvalue weighted by molar-refractivity contribution is 5.78. The molecule has 0 spiro atoms. The zero-order chi connectivity index (χ0) is 35.2. The van der Waals surface area contributed by atoms with E-state index in [0.29, 0.717) is 25.7 Å². The minimum atomic E-state index is -0.276. The van der Waals surface area contributed by atoms with Crippen molar-refractivity contribution in [3.8, 4) is 0 Å². The van der Waals surface area contributed by atoms with Gasteiger partial charge in [-0.3, -0.25) is 14.4 Å². The second kappa shape index (κ2) is 37.6. The maximum Gasteiger partial charge on any atom is 0.305 e. The van der Waals surface area contributed by atoms with Gasteiger partial charge in [0.05, 0.1) is 13.2 Å². The van der Waals surface area contributed by atoms with Gasteiger partial charge < -0.3 is 9.47 Å². The molecule has 0 aromatic carbocycles. The number of Topliss-reactive ketones (excluding diaryl/α,β-unsaturated/α-hetero) is 1. The smallest absolute Gasteiger partial charge is 0.305 e. The number of rotatable bonds is 36. The molecule has 0 saturated heterocycles. The van der Waals surface area contributed by atoms with Gasteiger partial charge >= 0.3 is 11.9 Å². The van der Waals surface area contributed by atoms with Crippen molar-refractivity contribution in [3.63, 3.8) is 0 Å². The molecule has 0 N–H and O–H groups in total. The predicted molar refractivity (Wildman–Crippen MR) is 204 cm³/mol. The first-order chi connectivity index (χ1) is 23.5. The summed E-state index contributed by atoms with van der Waals surface area (Å²) in [6, 6.07) is 0. The van der Waals surface area contributed by atoms with E-state index in [9.17, 15) is 14.4 Å². The second-order valence-electron chi connectivity index (χ2n) is 13.6. The van der Waals surface area contributed by atoms with E-state index >= 15 is 0 Å². The molecular formula is C43H76O5. The van der Waals surface area contributed by atoms with E-state index in [0.717, 1.165) is 89.9 Å². The van der Waals surface area contributed by atoms with Gasteiger partial charge in [0, 0.05) is 31.6 Å². The van der Waals surface area contributed by atoms with E-state index < -0.39 is 0 Å². The SMILES string of the molecule is CCC=CCCCCCCCC(=O)CC(COC(=O)CCCCCCCC=CCC)COC(=O)CCCCCCCC=CCCCCC. The summed E-state index contributed by atoms with van der Waals surface area (Å²) in [5, 5.41) is 0. The van der Waals surface area contributed by atoms with Crippen LogP contribution >= 0.6 is 0 Å². The van der Waals surface area contributed by atoms with Gasteiger partial charge in [0.25, 0.3) is 0 Å². The lowest BCUT2D eigenvalue weighted by molar-refractivity contribution is -0.150. The minimum Gasteiger partial charge on any atom is -0.465 e. The van der Waals surface area contributed by atoms with Crippen LogP contribution in [0.1, 0.15) is 201 Å². The van der Waals surface area contributed by atoms with Crippen molar-refractivity contribution in [1.29, 1.82) is 0 Å². The van der Waals surface area contributed by atoms with E-state index in [2.05, 4.69) is 57.2 Å². The molecule has 0 rings (SSSR count). The molecule has 0 radical (unpaired) electrons. The number of hydrogen-bond donors (Lipinski definition) is 0. The van der Waals surface area contributed by atoms with Gasteiger partial charge in [0.15, 0.2) is 0 Å². The monoisotopic (exact) mass is 673 g/mol. The first-order valence-electron chi connectivity index (χ1n) is 20.3. The number of carbonyl (C=O) groups excluding carboxylic acids is 3. The van der Waals surface area contributed by atoms with E-state index in [4.69, 9.17) is 9.47 Å². The Morgan fingerprint density at radius 1 is 0.438 bits per heavy atom. The first-order valence-corrected chi connectivity index (χ1v) is 20.3. The molecule has 0 aliphatic carbocycles. The largest absolute Gasteiger partial charge is 0.465 e. The van der Waals surface area contributed by atoms with Gasteiger partial charge in [0.2, 0.25) is 0 Å². The lowest BCUT2D eigenvalue weighted by Gasteiger charge is -2.17. The zero-order valence-electron chi connectivity index (χ0n) is 31.8. The summed E-state index contributed by atoms with van der Waals surface area (Å²) in [7, 11) is 0. The van der Waals surface area contributed by atoms with Gasteiger partial charge in [-0.1, -0.05) is 128 Å². The summed E-state index contributed by atoms with van der Waals surface area (Å²) < 4.78 is 11.2. The second-order valence-corrected chi connectivity index (χ2v) is 13.6. The number of ketones is 1. The lowest BCUT2D eigenvalue weighted by atomic mass is 10.00. The third-order valence-electron chi connectivity index (χ3n) is 8.75. The number of carbonyl (C=O) groups is 3. The third-order valence-corrected chi connectivity index (χ3v) is 8.75. The highest BCUT2D eigenvalue weighted by atomic mass is 16.5. The molecule has 1 unspecified atom stereocenters. The normalized spacial score (nSPS) is 12.4. The molecule has 0 aromatic heterocycles. The molecule has 0 bridgehead atoms. The minimum absolute atomic E-state index is 0.139. The Bertz CT molecular complexity index is 827. The van der Waals surface area contributed by atoms with E-state index in [1.54, 1.807) is 0 Å². The van der Waals surface area contributed by atoms with Crippen molar-refractivity contribution in [2.75, 3.05) is 13.2 Å². The van der Waals surface area contributed by atoms with Crippen LogP contribution in [0.3, 0.4) is 0 Å². The van der Waals surface area contributed by atoms with E-state index in [1.165, 1.54) is 64.2 Å². The van der Waals surface area contributed by atoms with Crippen LogP contribution in [0.4, 0.5) is 0 Å². The number of ether oxygens (including phenoxy) is 2. The van der Waals surface area contributed by atoms with Gasteiger partial charge in [-0.15, -0.1) is 0 Å². The molecule has 0 saturated carbocycles. The molecule has 0 heterocycles. The predicted octanol–water partition coefficient (Wildman–Crippen LogP) is 12.9. The fourth-order valence-electron chi connectivity index (χ4n) is 5.71. The van der Waals surface area contributed by atoms with Crippen LogP contribution in [0, 0.1) is 5.92 Å². The summed E-state index contributed by atoms with van der Waals surface area (Å²) in [5.41, 5.74) is 0. The molecule has 0 aliphatic heterocycles. The van der Waals surface area contributed by atoms with Gasteiger partial charge in [0.1, 0.15) is 5.78 Å². The average molecular weight is 673 g/mol. The molecule has 0 fully saturated rings. The lowest BCUT2D eigenvalue weighted by Crippen LogP contribution is -2.23. The fraction of sp³-hybridized carbons (Fsp3) is 0.791. The molecule has 278 valence electrons. The molecular weight excluding hydrogens is 596 g/mol. The Kier molecular flexibility index (Phi) is 35.9. The van der Waals surface area contributed by atoms with Crippen LogP contribution in [0.2, 0.25) is 0 Å². The highest BCUT2D eigenvalue weighted by Crippen LogP contribution is 2.15. The summed E-state index contributed by atoms with van der Waals surface area (Å²) in [4.78, 5) is 37.7. The van der Waals surface area contributed by atoms with Crippen molar-refractivity contribution in [2.24, 2.45) is 5.92 Å². The van der Waals surface area contributed by atoms with Crippen molar-refractivity contribution in [3.05, 3.63) is 36.5 Å². The molecule has 5 heteroatoms. The topological polar surface area (TPSA) is 69.7 Å². The molecule has 5 nitrogen and oxygen atoms in total. The van der Waals surface area contributed by atoms with E-state index in [1.807, 2.05) is 0 Å². The van der Waals surface area contributed by atoms with Crippen LogP contribution < -0.4 is 0 Å². The molecule has 1 atom stereocenters. The number of unbranched alkanes of at least 4 members (excludes halogenated alkanes) is 18. The van der Waals surface area contributed by atoms with Crippen LogP contribution in [0.25, 0.3) is 0 Å². The Balaban J connectivity index is 4.38. The van der Waals surface area contributed by atoms with Crippen molar-refractivity contribution >= 4 is 17.7 Å². The van der Waals surface area contributed by atoms with Gasteiger partial charge in [-0.05, 0) is 83.5 Å². The number of hydrogen-bond acceptors (Lipinski definition) is 5. The zero-order valence-corrected chi connectivity index (χ0v) is 31.8. The van der Waals surface area contributed by atoms with Crippen molar-refractivity contribution in [2.45, 2.75) is 201 Å². The van der Waals surface area contributed by atoms with Crippen LogP contribution in [-0.4, -0.2) is 30.9 Å². The van der Waals surface area contributed by atoms with Gasteiger partial charge in [-0.2, -0.15) is 0 Å². The highest BCUT2D eigenvalue weighted by Gasteiger charge is 2.19. The maximum absolute atomic E-state index is 12.8. The molecule has 0 aromatic rings. The molecule has 0 amide bonds. The van der Waals surface area contributed by atoms with Crippen LogP contribution in [-0.2, 0) is 23.9 Å². The molecule has 48 heavy (non-hydrogen) atoms. The first kappa shape index (κ1) is 45.8. The fourth-order valence-corrected chi connectivity index (χ4v) is 5.71. The quantitative estimate of drug-likeness (QED) is 0.0376. The van der Waals surface area contributed by atoms with Crippen LogP contribution in [0.15, 0.2) is 36.5 Å². The Morgan fingerprint density at radius 3 is 1.21 bits per heavy atom. The standard InChI is InChI=1S/C43H76O5/c1-4-7-10-13-16-19-20-21-24-27-30-33-36-43(46)48-39-40(37-41(44)34-31-28-25-22-17-14-11-8-5-2)38-47-42(45)35-32-29-26-23-18-15-12-9-6-3/h8-9,11-12,16,19,40H,4-7,10,13-15,17-18,20-39H2,1-3H3. The molecule has 0 aliphatic rings. The summed E-state index contributed by atoms with van der Waals surface area (Å²) in [5.74, 6) is -0.539. The number of esters is 2. The average Bonchev–Trinajstić information content (AvgIpc) is 3.08. The third kappa shape index (κ3) is 35.1. The van der Waals surface area contributed by atoms with Gasteiger partial charge in [-0.25, -0.2) is 0 Å². The Morgan fingerprint density at radius 2 is 0.792 bits per heavy atom. The summed E-state index contributed by atoms with van der Waals surface area (Å²) in [6.07, 6.45) is 42.2. The summed E-state index contributed by atoms with van der Waals surface area (Å²) >= 11 is 0. The Labute approximate surface area is 297 Å². The number of allylic oxidation sites excluding steroid dienone is 6. The maximum atomic E-state index is 12.8. The van der Waals surface area contributed by atoms with Crippen molar-refractivity contribution < 1.29 is 23.9 Å². The van der Waals surface area contributed by atoms with Crippen molar-refractivity contribution in [1.82, 2.24) is 0 Å².